The monoisotopic (exact) mass is 366 g/mol. The third-order valence-electron chi connectivity index (χ3n) is 4.30. The molecule has 1 amide bonds. The van der Waals surface area contributed by atoms with E-state index in [1.54, 1.807) is 7.05 Å². The first-order chi connectivity index (χ1) is 13.1. The van der Waals surface area contributed by atoms with Gasteiger partial charge in [-0.05, 0) is 49.9 Å². The SMILES string of the molecule is CCNC(=O)c1cccc(CNC(=NC)NC(C)CCc2ccccc2)c1. The summed E-state index contributed by atoms with van der Waals surface area (Å²) in [6, 6.07) is 18.4. The fourth-order valence-corrected chi connectivity index (χ4v) is 2.80. The van der Waals surface area contributed by atoms with E-state index in [-0.39, 0.29) is 5.91 Å². The molecule has 0 aliphatic heterocycles. The van der Waals surface area contributed by atoms with Gasteiger partial charge in [-0.2, -0.15) is 0 Å². The molecular formula is C22H30N4O. The van der Waals surface area contributed by atoms with E-state index in [2.05, 4.69) is 52.1 Å². The molecule has 1 unspecified atom stereocenters. The number of benzene rings is 2. The molecule has 0 fully saturated rings. The van der Waals surface area contributed by atoms with E-state index in [0.717, 1.165) is 24.4 Å². The number of hydrogen-bond donors (Lipinski definition) is 3. The van der Waals surface area contributed by atoms with Gasteiger partial charge < -0.3 is 16.0 Å². The first-order valence-corrected chi connectivity index (χ1v) is 9.50. The van der Waals surface area contributed by atoms with Gasteiger partial charge in [-0.3, -0.25) is 9.79 Å². The number of nitrogens with zero attached hydrogens (tertiary/aromatic N) is 1. The van der Waals surface area contributed by atoms with Gasteiger partial charge in [0.2, 0.25) is 0 Å². The first-order valence-electron chi connectivity index (χ1n) is 9.50. The number of aryl methyl sites for hydroxylation is 1. The van der Waals surface area contributed by atoms with Crippen LogP contribution in [0.3, 0.4) is 0 Å². The van der Waals surface area contributed by atoms with Crippen molar-refractivity contribution in [2.75, 3.05) is 13.6 Å². The zero-order valence-corrected chi connectivity index (χ0v) is 16.5. The molecule has 0 radical (unpaired) electrons. The topological polar surface area (TPSA) is 65.5 Å². The largest absolute Gasteiger partial charge is 0.354 e. The molecule has 5 heteroatoms. The smallest absolute Gasteiger partial charge is 0.251 e. The summed E-state index contributed by atoms with van der Waals surface area (Å²) < 4.78 is 0. The molecule has 2 aromatic carbocycles. The summed E-state index contributed by atoms with van der Waals surface area (Å²) in [5.74, 6) is 0.718. The first kappa shape index (κ1) is 20.5. The molecule has 0 spiro atoms. The summed E-state index contributed by atoms with van der Waals surface area (Å²) in [7, 11) is 1.77. The lowest BCUT2D eigenvalue weighted by molar-refractivity contribution is 0.0955. The summed E-state index contributed by atoms with van der Waals surface area (Å²) in [4.78, 5) is 16.3. The predicted molar refractivity (Wildman–Crippen MR) is 112 cm³/mol. The molecular weight excluding hydrogens is 336 g/mol. The highest BCUT2D eigenvalue weighted by Crippen LogP contribution is 2.06. The van der Waals surface area contributed by atoms with Crippen LogP contribution in [0.5, 0.6) is 0 Å². The fraction of sp³-hybridized carbons (Fsp3) is 0.364. The van der Waals surface area contributed by atoms with Crippen LogP contribution in [0.15, 0.2) is 59.6 Å². The number of carbonyl (C=O) groups is 1. The summed E-state index contributed by atoms with van der Waals surface area (Å²) in [6.07, 6.45) is 2.05. The minimum atomic E-state index is -0.0450. The van der Waals surface area contributed by atoms with Gasteiger partial charge in [-0.25, -0.2) is 0 Å². The van der Waals surface area contributed by atoms with Crippen molar-refractivity contribution in [2.24, 2.45) is 4.99 Å². The molecule has 3 N–H and O–H groups in total. The molecule has 0 aliphatic carbocycles. The maximum atomic E-state index is 12.0. The Balaban J connectivity index is 1.83. The van der Waals surface area contributed by atoms with Crippen molar-refractivity contribution in [2.45, 2.75) is 39.3 Å². The van der Waals surface area contributed by atoms with Crippen molar-refractivity contribution in [3.8, 4) is 0 Å². The van der Waals surface area contributed by atoms with Gasteiger partial charge in [-0.1, -0.05) is 42.5 Å². The molecule has 0 bridgehead atoms. The molecule has 144 valence electrons. The van der Waals surface area contributed by atoms with E-state index in [0.29, 0.717) is 24.7 Å². The van der Waals surface area contributed by atoms with Crippen LogP contribution in [0, 0.1) is 0 Å². The van der Waals surface area contributed by atoms with Crippen LogP contribution in [0.4, 0.5) is 0 Å². The second-order valence-corrected chi connectivity index (χ2v) is 6.56. The standard InChI is InChI=1S/C22H30N4O/c1-4-24-21(27)20-12-8-11-19(15-20)16-25-22(23-3)26-17(2)13-14-18-9-6-5-7-10-18/h5-12,15,17H,4,13-14,16H2,1-3H3,(H,24,27)(H2,23,25,26). The van der Waals surface area contributed by atoms with E-state index < -0.39 is 0 Å². The lowest BCUT2D eigenvalue weighted by atomic mass is 10.1. The quantitative estimate of drug-likeness (QED) is 0.497. The molecule has 5 nitrogen and oxygen atoms in total. The van der Waals surface area contributed by atoms with Crippen LogP contribution in [0.2, 0.25) is 0 Å². The van der Waals surface area contributed by atoms with E-state index in [1.807, 2.05) is 37.3 Å². The number of rotatable bonds is 8. The highest BCUT2D eigenvalue weighted by atomic mass is 16.1. The van der Waals surface area contributed by atoms with Gasteiger partial charge in [0.05, 0.1) is 0 Å². The molecule has 2 rings (SSSR count). The van der Waals surface area contributed by atoms with Crippen molar-refractivity contribution in [1.82, 2.24) is 16.0 Å². The number of aliphatic imine (C=N–C) groups is 1. The molecule has 27 heavy (non-hydrogen) atoms. The molecule has 0 aromatic heterocycles. The number of guanidine groups is 1. The van der Waals surface area contributed by atoms with Gasteiger partial charge >= 0.3 is 0 Å². The van der Waals surface area contributed by atoms with Gasteiger partial charge in [-0.15, -0.1) is 0 Å². The van der Waals surface area contributed by atoms with E-state index in [9.17, 15) is 4.79 Å². The van der Waals surface area contributed by atoms with E-state index in [4.69, 9.17) is 0 Å². The molecule has 0 saturated carbocycles. The number of nitrogens with one attached hydrogen (secondary N) is 3. The van der Waals surface area contributed by atoms with Crippen LogP contribution in [0.1, 0.15) is 41.8 Å². The van der Waals surface area contributed by atoms with Crippen LogP contribution in [-0.4, -0.2) is 31.5 Å². The van der Waals surface area contributed by atoms with Crippen molar-refractivity contribution >= 4 is 11.9 Å². The Kier molecular flexibility index (Phi) is 8.36. The molecule has 0 aliphatic rings. The molecule has 0 heterocycles. The summed E-state index contributed by atoms with van der Waals surface area (Å²) in [5, 5.41) is 9.57. The Hall–Kier alpha value is -2.82. The van der Waals surface area contributed by atoms with Crippen molar-refractivity contribution in [3.05, 3.63) is 71.3 Å². The fourth-order valence-electron chi connectivity index (χ4n) is 2.80. The van der Waals surface area contributed by atoms with E-state index >= 15 is 0 Å². The van der Waals surface area contributed by atoms with Crippen LogP contribution in [0.25, 0.3) is 0 Å². The number of amides is 1. The van der Waals surface area contributed by atoms with Crippen LogP contribution < -0.4 is 16.0 Å². The maximum Gasteiger partial charge on any atom is 0.251 e. The maximum absolute atomic E-state index is 12.0. The minimum Gasteiger partial charge on any atom is -0.354 e. The lowest BCUT2D eigenvalue weighted by Gasteiger charge is -2.18. The van der Waals surface area contributed by atoms with E-state index in [1.165, 1.54) is 5.56 Å². The summed E-state index contributed by atoms with van der Waals surface area (Å²) in [5.41, 5.74) is 3.06. The summed E-state index contributed by atoms with van der Waals surface area (Å²) >= 11 is 0. The van der Waals surface area contributed by atoms with Crippen LogP contribution in [-0.2, 0) is 13.0 Å². The Morgan fingerprint density at radius 1 is 1.04 bits per heavy atom. The van der Waals surface area contributed by atoms with Crippen molar-refractivity contribution < 1.29 is 4.79 Å². The van der Waals surface area contributed by atoms with Gasteiger partial charge in [0.25, 0.3) is 5.91 Å². The van der Waals surface area contributed by atoms with Gasteiger partial charge in [0, 0.05) is 31.7 Å². The molecule has 1 atom stereocenters. The Labute approximate surface area is 162 Å². The van der Waals surface area contributed by atoms with Crippen LogP contribution >= 0.6 is 0 Å². The highest BCUT2D eigenvalue weighted by Gasteiger charge is 2.07. The Bertz CT molecular complexity index is 743. The Morgan fingerprint density at radius 3 is 2.48 bits per heavy atom. The second-order valence-electron chi connectivity index (χ2n) is 6.56. The molecule has 2 aromatic rings. The predicted octanol–water partition coefficient (Wildman–Crippen LogP) is 3.12. The minimum absolute atomic E-state index is 0.0450. The third kappa shape index (κ3) is 7.13. The third-order valence-corrected chi connectivity index (χ3v) is 4.30. The van der Waals surface area contributed by atoms with Crippen molar-refractivity contribution in [3.63, 3.8) is 0 Å². The zero-order chi connectivity index (χ0) is 19.5. The number of carbonyl (C=O) groups excluding carboxylic acids is 1. The lowest BCUT2D eigenvalue weighted by Crippen LogP contribution is -2.42. The summed E-state index contributed by atoms with van der Waals surface area (Å²) in [6.45, 7) is 5.31. The normalized spacial score (nSPS) is 12.3. The second kappa shape index (κ2) is 11.0. The molecule has 0 saturated heterocycles. The zero-order valence-electron chi connectivity index (χ0n) is 16.5. The number of hydrogen-bond acceptors (Lipinski definition) is 2. The van der Waals surface area contributed by atoms with Gasteiger partial charge in [0.15, 0.2) is 5.96 Å². The van der Waals surface area contributed by atoms with Crippen molar-refractivity contribution in [1.29, 1.82) is 0 Å². The average Bonchev–Trinajstić information content (AvgIpc) is 2.70. The average molecular weight is 367 g/mol. The van der Waals surface area contributed by atoms with Gasteiger partial charge in [0.1, 0.15) is 0 Å². The Morgan fingerprint density at radius 2 is 1.78 bits per heavy atom. The highest BCUT2D eigenvalue weighted by molar-refractivity contribution is 5.94.